The van der Waals surface area contributed by atoms with E-state index >= 15 is 0 Å². The van der Waals surface area contributed by atoms with Crippen LogP contribution >= 0.6 is 0 Å². The van der Waals surface area contributed by atoms with Crippen molar-refractivity contribution >= 4 is 5.71 Å². The molecule has 2 aliphatic heterocycles. The second-order valence-corrected chi connectivity index (χ2v) is 6.18. The van der Waals surface area contributed by atoms with Crippen molar-refractivity contribution in [2.75, 3.05) is 6.61 Å². The number of rotatable bonds is 3. The summed E-state index contributed by atoms with van der Waals surface area (Å²) in [5.74, 6) is 1.19. The maximum atomic E-state index is 9.98. The van der Waals surface area contributed by atoms with Crippen LogP contribution in [0.25, 0.3) is 0 Å². The number of aliphatic hydroxyl groups is 2. The Morgan fingerprint density at radius 2 is 1.96 bits per heavy atom. The van der Waals surface area contributed by atoms with Crippen molar-refractivity contribution in [3.8, 4) is 0 Å². The summed E-state index contributed by atoms with van der Waals surface area (Å²) in [5, 5.41) is 23.8. The Bertz CT molecular complexity index is 754. The number of hydrogen-bond donors (Lipinski definition) is 2. The van der Waals surface area contributed by atoms with E-state index < -0.39 is 18.3 Å². The molecule has 1 aromatic heterocycles. The molecular formula is C18H19NO5. The fraction of sp³-hybridized carbons (Fsp3) is 0.389. The maximum absolute atomic E-state index is 9.98. The number of nitrogens with zero attached hydrogens (tertiary/aromatic N) is 1. The molecule has 6 nitrogen and oxygen atoms in total. The average Bonchev–Trinajstić information content (AvgIpc) is 3.29. The molecule has 126 valence electrons. The lowest BCUT2D eigenvalue weighted by molar-refractivity contribution is 0.0117. The summed E-state index contributed by atoms with van der Waals surface area (Å²) in [6, 6.07) is 11.8. The minimum atomic E-state index is -0.984. The van der Waals surface area contributed by atoms with Crippen LogP contribution in [0.4, 0.5) is 0 Å². The van der Waals surface area contributed by atoms with Gasteiger partial charge in [-0.05, 0) is 18.6 Å². The quantitative estimate of drug-likeness (QED) is 0.902. The number of hydrogen-bond acceptors (Lipinski definition) is 6. The smallest absolute Gasteiger partial charge is 0.158 e. The van der Waals surface area contributed by atoms with Crippen molar-refractivity contribution in [3.63, 3.8) is 0 Å². The average molecular weight is 329 g/mol. The van der Waals surface area contributed by atoms with E-state index in [1.54, 1.807) is 0 Å². The zero-order chi connectivity index (χ0) is 16.7. The molecule has 3 heterocycles. The Kier molecular flexibility index (Phi) is 3.88. The van der Waals surface area contributed by atoms with Gasteiger partial charge in [0.05, 0.1) is 12.3 Å². The lowest BCUT2D eigenvalue weighted by atomic mass is 10.00. The molecule has 2 N–H and O–H groups in total. The molecule has 1 saturated heterocycles. The highest BCUT2D eigenvalue weighted by atomic mass is 16.6. The summed E-state index contributed by atoms with van der Waals surface area (Å²) in [4.78, 5) is 5.56. The predicted molar refractivity (Wildman–Crippen MR) is 85.6 cm³/mol. The minimum absolute atomic E-state index is 0.0983. The summed E-state index contributed by atoms with van der Waals surface area (Å²) in [6.45, 7) is 1.94. The third kappa shape index (κ3) is 2.62. The summed E-state index contributed by atoms with van der Waals surface area (Å²) < 4.78 is 11.2. The summed E-state index contributed by atoms with van der Waals surface area (Å²) in [7, 11) is 0. The first-order valence-corrected chi connectivity index (χ1v) is 7.99. The van der Waals surface area contributed by atoms with Crippen molar-refractivity contribution < 1.29 is 24.2 Å². The number of oxime groups is 1. The number of ether oxygens (including phenoxy) is 1. The monoisotopic (exact) mass is 329 g/mol. The number of aliphatic hydroxyl groups excluding tert-OH is 2. The van der Waals surface area contributed by atoms with E-state index in [9.17, 15) is 10.2 Å². The minimum Gasteiger partial charge on any atom is -0.463 e. The van der Waals surface area contributed by atoms with E-state index in [1.165, 1.54) is 0 Å². The van der Waals surface area contributed by atoms with Gasteiger partial charge in [0.25, 0.3) is 0 Å². The number of benzene rings is 1. The van der Waals surface area contributed by atoms with Gasteiger partial charge in [0.15, 0.2) is 6.10 Å². The van der Waals surface area contributed by atoms with Gasteiger partial charge < -0.3 is 24.2 Å². The van der Waals surface area contributed by atoms with Gasteiger partial charge in [0.1, 0.15) is 29.8 Å². The maximum Gasteiger partial charge on any atom is 0.158 e. The summed E-state index contributed by atoms with van der Waals surface area (Å²) >= 11 is 0. The number of aryl methyl sites for hydroxylation is 1. The van der Waals surface area contributed by atoms with Gasteiger partial charge in [-0.2, -0.15) is 0 Å². The van der Waals surface area contributed by atoms with Gasteiger partial charge in [0.2, 0.25) is 0 Å². The van der Waals surface area contributed by atoms with Gasteiger partial charge in [-0.3, -0.25) is 0 Å². The first-order chi connectivity index (χ1) is 11.6. The lowest BCUT2D eigenvalue weighted by Gasteiger charge is -2.11. The molecule has 4 atom stereocenters. The summed E-state index contributed by atoms with van der Waals surface area (Å²) in [6.07, 6.45) is -1.98. The Labute approximate surface area is 139 Å². The van der Waals surface area contributed by atoms with Crippen LogP contribution < -0.4 is 0 Å². The number of furan rings is 1. The van der Waals surface area contributed by atoms with Crippen molar-refractivity contribution in [3.05, 3.63) is 59.0 Å². The SMILES string of the molecule is Cc1oc([C@@H]2OC[C@@H](O)[C@H]2O)cc1C1=NOC(c2ccccc2)C1. The molecule has 6 heteroatoms. The molecule has 0 bridgehead atoms. The van der Waals surface area contributed by atoms with Crippen LogP contribution in [0.1, 0.15) is 41.3 Å². The van der Waals surface area contributed by atoms with Gasteiger partial charge in [-0.15, -0.1) is 0 Å². The second kappa shape index (κ2) is 6.05. The summed E-state index contributed by atoms with van der Waals surface area (Å²) in [5.41, 5.74) is 2.74. The molecule has 1 unspecified atom stereocenters. The molecule has 0 aliphatic carbocycles. The Morgan fingerprint density at radius 3 is 2.67 bits per heavy atom. The molecule has 4 rings (SSSR count). The lowest BCUT2D eigenvalue weighted by Crippen LogP contribution is -2.24. The molecule has 2 aromatic rings. The van der Waals surface area contributed by atoms with Gasteiger partial charge in [0, 0.05) is 12.0 Å². The zero-order valence-corrected chi connectivity index (χ0v) is 13.3. The van der Waals surface area contributed by atoms with Crippen LogP contribution in [0.5, 0.6) is 0 Å². The Morgan fingerprint density at radius 1 is 1.17 bits per heavy atom. The van der Waals surface area contributed by atoms with Crippen LogP contribution in [-0.2, 0) is 9.57 Å². The van der Waals surface area contributed by atoms with Crippen molar-refractivity contribution in [2.45, 2.75) is 37.8 Å². The van der Waals surface area contributed by atoms with Crippen molar-refractivity contribution in [2.24, 2.45) is 5.16 Å². The van der Waals surface area contributed by atoms with Crippen LogP contribution in [0.3, 0.4) is 0 Å². The molecule has 0 spiro atoms. The molecule has 0 radical (unpaired) electrons. The topological polar surface area (TPSA) is 84.4 Å². The van der Waals surface area contributed by atoms with Gasteiger partial charge in [-0.1, -0.05) is 35.5 Å². The molecule has 2 aliphatic rings. The van der Waals surface area contributed by atoms with Crippen molar-refractivity contribution in [1.82, 2.24) is 0 Å². The van der Waals surface area contributed by atoms with E-state index in [1.807, 2.05) is 43.3 Å². The van der Waals surface area contributed by atoms with E-state index in [0.717, 1.165) is 16.8 Å². The van der Waals surface area contributed by atoms with E-state index in [0.29, 0.717) is 17.9 Å². The fourth-order valence-corrected chi connectivity index (χ4v) is 3.17. The van der Waals surface area contributed by atoms with Crippen LogP contribution in [0.2, 0.25) is 0 Å². The molecule has 0 amide bonds. The standard InChI is InChI=1S/C18H19NO5/c1-10-12(7-16(23-10)18-17(21)14(20)9-22-18)13-8-15(24-19-13)11-5-3-2-4-6-11/h2-7,14-15,17-18,20-21H,8-9H2,1H3/t14-,15?,17-,18+/m1/s1. The highest BCUT2D eigenvalue weighted by molar-refractivity contribution is 6.02. The zero-order valence-electron chi connectivity index (χ0n) is 13.3. The van der Waals surface area contributed by atoms with Crippen molar-refractivity contribution in [1.29, 1.82) is 0 Å². The first-order valence-electron chi connectivity index (χ1n) is 7.99. The van der Waals surface area contributed by atoms with Gasteiger partial charge in [-0.25, -0.2) is 0 Å². The predicted octanol–water partition coefficient (Wildman–Crippen LogP) is 2.25. The van der Waals surface area contributed by atoms with E-state index in [-0.39, 0.29) is 12.7 Å². The van der Waals surface area contributed by atoms with Gasteiger partial charge >= 0.3 is 0 Å². The molecule has 24 heavy (non-hydrogen) atoms. The van der Waals surface area contributed by atoms with E-state index in [4.69, 9.17) is 14.0 Å². The largest absolute Gasteiger partial charge is 0.463 e. The molecular weight excluding hydrogens is 310 g/mol. The highest BCUT2D eigenvalue weighted by Crippen LogP contribution is 2.35. The Hall–Kier alpha value is -2.15. The Balaban J connectivity index is 1.53. The fourth-order valence-electron chi connectivity index (χ4n) is 3.17. The normalized spacial score (nSPS) is 29.5. The molecule has 1 fully saturated rings. The molecule has 0 saturated carbocycles. The third-order valence-electron chi connectivity index (χ3n) is 4.52. The van der Waals surface area contributed by atoms with Crippen LogP contribution in [0.15, 0.2) is 46.0 Å². The highest BCUT2D eigenvalue weighted by Gasteiger charge is 2.38. The van der Waals surface area contributed by atoms with E-state index in [2.05, 4.69) is 5.16 Å². The molecule has 1 aromatic carbocycles. The first kappa shape index (κ1) is 15.4. The van der Waals surface area contributed by atoms with Crippen LogP contribution in [-0.4, -0.2) is 34.7 Å². The second-order valence-electron chi connectivity index (χ2n) is 6.18. The van der Waals surface area contributed by atoms with Crippen LogP contribution in [0, 0.1) is 6.92 Å². The third-order valence-corrected chi connectivity index (χ3v) is 4.52.